The van der Waals surface area contributed by atoms with Crippen LogP contribution < -0.4 is 15.2 Å². The smallest absolute Gasteiger partial charge is 0.263 e. The summed E-state index contributed by atoms with van der Waals surface area (Å²) in [5.74, 6) is 1.92. The summed E-state index contributed by atoms with van der Waals surface area (Å²) in [4.78, 5) is 22.2. The van der Waals surface area contributed by atoms with Gasteiger partial charge in [-0.15, -0.1) is 0 Å². The molecule has 2 aromatic carbocycles. The Morgan fingerprint density at radius 3 is 2.61 bits per heavy atom. The SMILES string of the molecule is C=C(C#N)C(=O)N1CC[C@@H](COc2ncnc(N)c2-c2ccc(Oc3ccccc3)cc2)C1. The molecule has 0 spiro atoms. The molecule has 2 heterocycles. The van der Waals surface area contributed by atoms with Gasteiger partial charge in [0.2, 0.25) is 5.88 Å². The van der Waals surface area contributed by atoms with Gasteiger partial charge < -0.3 is 20.1 Å². The van der Waals surface area contributed by atoms with Crippen molar-refractivity contribution in [2.75, 3.05) is 25.4 Å². The summed E-state index contributed by atoms with van der Waals surface area (Å²) < 4.78 is 11.9. The molecule has 4 rings (SSSR count). The second kappa shape index (κ2) is 9.83. The molecule has 2 N–H and O–H groups in total. The number of nitrogens with two attached hydrogens (primary N) is 1. The molecule has 1 amide bonds. The molecule has 8 heteroatoms. The van der Waals surface area contributed by atoms with Crippen molar-refractivity contribution in [3.05, 3.63) is 73.1 Å². The van der Waals surface area contributed by atoms with E-state index >= 15 is 0 Å². The van der Waals surface area contributed by atoms with Crippen molar-refractivity contribution in [3.63, 3.8) is 0 Å². The summed E-state index contributed by atoms with van der Waals surface area (Å²) in [6.07, 6.45) is 2.13. The summed E-state index contributed by atoms with van der Waals surface area (Å²) in [5.41, 5.74) is 7.51. The molecule has 0 saturated carbocycles. The molecule has 166 valence electrons. The first-order valence-corrected chi connectivity index (χ1v) is 10.5. The maximum absolute atomic E-state index is 12.1. The zero-order valence-corrected chi connectivity index (χ0v) is 18.0. The summed E-state index contributed by atoms with van der Waals surface area (Å²) in [6.45, 7) is 4.93. The van der Waals surface area contributed by atoms with Gasteiger partial charge in [0, 0.05) is 19.0 Å². The number of hydrogen-bond acceptors (Lipinski definition) is 7. The van der Waals surface area contributed by atoms with Crippen LogP contribution in [0, 0.1) is 17.2 Å². The second-order valence-electron chi connectivity index (χ2n) is 7.69. The van der Waals surface area contributed by atoms with Crippen LogP contribution in [0.5, 0.6) is 17.4 Å². The predicted octanol–water partition coefficient (Wildman–Crippen LogP) is 3.83. The minimum atomic E-state index is -0.329. The van der Waals surface area contributed by atoms with E-state index in [1.807, 2.05) is 54.6 Å². The summed E-state index contributed by atoms with van der Waals surface area (Å²) in [6, 6.07) is 18.8. The number of carbonyl (C=O) groups excluding carboxylic acids is 1. The third-order valence-electron chi connectivity index (χ3n) is 5.39. The lowest BCUT2D eigenvalue weighted by Gasteiger charge is -2.17. The van der Waals surface area contributed by atoms with Gasteiger partial charge in [-0.25, -0.2) is 9.97 Å². The molecule has 1 aromatic heterocycles. The molecule has 1 fully saturated rings. The molecule has 1 aliphatic rings. The third kappa shape index (κ3) is 5.10. The second-order valence-corrected chi connectivity index (χ2v) is 7.69. The van der Waals surface area contributed by atoms with Crippen molar-refractivity contribution in [2.45, 2.75) is 6.42 Å². The van der Waals surface area contributed by atoms with Crippen LogP contribution in [0.15, 0.2) is 73.1 Å². The monoisotopic (exact) mass is 441 g/mol. The van der Waals surface area contributed by atoms with Crippen molar-refractivity contribution in [3.8, 4) is 34.6 Å². The van der Waals surface area contributed by atoms with Gasteiger partial charge in [0.05, 0.1) is 12.2 Å². The number of benzene rings is 2. The van der Waals surface area contributed by atoms with Crippen LogP contribution in [0.3, 0.4) is 0 Å². The molecule has 0 aliphatic carbocycles. The van der Waals surface area contributed by atoms with Gasteiger partial charge in [0.15, 0.2) is 0 Å². The van der Waals surface area contributed by atoms with Crippen LogP contribution in [0.4, 0.5) is 5.82 Å². The summed E-state index contributed by atoms with van der Waals surface area (Å²) in [7, 11) is 0. The van der Waals surface area contributed by atoms with Gasteiger partial charge in [0.25, 0.3) is 5.91 Å². The fraction of sp³-hybridized carbons (Fsp3) is 0.200. The lowest BCUT2D eigenvalue weighted by molar-refractivity contribution is -0.125. The van der Waals surface area contributed by atoms with Crippen molar-refractivity contribution in [2.24, 2.45) is 5.92 Å². The average molecular weight is 441 g/mol. The van der Waals surface area contributed by atoms with Crippen LogP contribution >= 0.6 is 0 Å². The fourth-order valence-electron chi connectivity index (χ4n) is 3.67. The average Bonchev–Trinajstić information content (AvgIpc) is 3.32. The van der Waals surface area contributed by atoms with Gasteiger partial charge in [-0.05, 0) is 36.2 Å². The minimum absolute atomic E-state index is 0.0536. The van der Waals surface area contributed by atoms with Gasteiger partial charge >= 0.3 is 0 Å². The number of ether oxygens (including phenoxy) is 2. The first kappa shape index (κ1) is 21.8. The molecule has 1 saturated heterocycles. The van der Waals surface area contributed by atoms with E-state index in [0.29, 0.717) is 42.7 Å². The Morgan fingerprint density at radius 2 is 1.88 bits per heavy atom. The van der Waals surface area contributed by atoms with Crippen LogP contribution in [0.2, 0.25) is 0 Å². The number of nitrogen functional groups attached to an aromatic ring is 1. The number of para-hydroxylation sites is 1. The highest BCUT2D eigenvalue weighted by Crippen LogP contribution is 2.34. The third-order valence-corrected chi connectivity index (χ3v) is 5.39. The highest BCUT2D eigenvalue weighted by Gasteiger charge is 2.28. The molecule has 3 aromatic rings. The number of aromatic nitrogens is 2. The molecule has 0 unspecified atom stereocenters. The molecular weight excluding hydrogens is 418 g/mol. The number of carbonyl (C=O) groups is 1. The molecule has 0 radical (unpaired) electrons. The van der Waals surface area contributed by atoms with Crippen LogP contribution in [0.1, 0.15) is 6.42 Å². The van der Waals surface area contributed by atoms with Gasteiger partial charge in [0.1, 0.15) is 35.3 Å². The zero-order valence-electron chi connectivity index (χ0n) is 18.0. The number of rotatable bonds is 7. The van der Waals surface area contributed by atoms with Gasteiger partial charge in [-0.1, -0.05) is 36.9 Å². The number of nitrogens with zero attached hydrogens (tertiary/aromatic N) is 4. The molecule has 1 atom stereocenters. The van der Waals surface area contributed by atoms with E-state index in [1.54, 1.807) is 11.0 Å². The molecule has 0 bridgehead atoms. The normalized spacial score (nSPS) is 15.0. The van der Waals surface area contributed by atoms with E-state index in [0.717, 1.165) is 17.7 Å². The zero-order chi connectivity index (χ0) is 23.2. The van der Waals surface area contributed by atoms with Crippen molar-refractivity contribution < 1.29 is 14.3 Å². The lowest BCUT2D eigenvalue weighted by Crippen LogP contribution is -2.30. The Hall–Kier alpha value is -4.38. The number of amides is 1. The molecule has 1 aliphatic heterocycles. The first-order valence-electron chi connectivity index (χ1n) is 10.5. The topological polar surface area (TPSA) is 114 Å². The minimum Gasteiger partial charge on any atom is -0.477 e. The van der Waals surface area contributed by atoms with E-state index in [1.165, 1.54) is 6.33 Å². The Labute approximate surface area is 191 Å². The quantitative estimate of drug-likeness (QED) is 0.438. The fourth-order valence-corrected chi connectivity index (χ4v) is 3.67. The number of likely N-dealkylation sites (tertiary alicyclic amines) is 1. The van der Waals surface area contributed by atoms with E-state index < -0.39 is 0 Å². The highest BCUT2D eigenvalue weighted by atomic mass is 16.5. The first-order chi connectivity index (χ1) is 16.0. The van der Waals surface area contributed by atoms with E-state index in [9.17, 15) is 4.79 Å². The Bertz CT molecular complexity index is 1190. The van der Waals surface area contributed by atoms with E-state index in [-0.39, 0.29) is 17.4 Å². The van der Waals surface area contributed by atoms with Crippen molar-refractivity contribution in [1.82, 2.24) is 14.9 Å². The number of hydrogen-bond donors (Lipinski definition) is 1. The van der Waals surface area contributed by atoms with Crippen LogP contribution in [0.25, 0.3) is 11.1 Å². The van der Waals surface area contributed by atoms with Gasteiger partial charge in [-0.2, -0.15) is 5.26 Å². The summed E-state index contributed by atoms with van der Waals surface area (Å²) in [5, 5.41) is 8.88. The number of anilines is 1. The molecule has 33 heavy (non-hydrogen) atoms. The number of nitriles is 1. The van der Waals surface area contributed by atoms with Crippen LogP contribution in [-0.2, 0) is 4.79 Å². The van der Waals surface area contributed by atoms with Crippen LogP contribution in [-0.4, -0.2) is 40.5 Å². The largest absolute Gasteiger partial charge is 0.477 e. The molecular formula is C25H23N5O3. The summed E-state index contributed by atoms with van der Waals surface area (Å²) >= 11 is 0. The maximum Gasteiger partial charge on any atom is 0.263 e. The van der Waals surface area contributed by atoms with Crippen molar-refractivity contribution >= 4 is 11.7 Å². The van der Waals surface area contributed by atoms with E-state index in [4.69, 9.17) is 20.5 Å². The maximum atomic E-state index is 12.1. The predicted molar refractivity (Wildman–Crippen MR) is 123 cm³/mol. The molecule has 8 nitrogen and oxygen atoms in total. The standard InChI is InChI=1S/C25H23N5O3/c1-17(13-26)25(31)30-12-11-18(14-30)15-32-24-22(23(27)28-16-29-24)19-7-9-21(10-8-19)33-20-5-3-2-4-6-20/h2-10,16,18H,1,11-12,14-15H2,(H2,27,28,29)/t18-/m1/s1. The van der Waals surface area contributed by atoms with Gasteiger partial charge in [-0.3, -0.25) is 4.79 Å². The van der Waals surface area contributed by atoms with E-state index in [2.05, 4.69) is 16.5 Å². The van der Waals surface area contributed by atoms with Crippen molar-refractivity contribution in [1.29, 1.82) is 5.26 Å². The Balaban J connectivity index is 1.44. The lowest BCUT2D eigenvalue weighted by atomic mass is 10.1. The highest BCUT2D eigenvalue weighted by molar-refractivity contribution is 5.96. The Kier molecular flexibility index (Phi) is 6.51. The Morgan fingerprint density at radius 1 is 1.15 bits per heavy atom.